The third-order valence-corrected chi connectivity index (χ3v) is 2.71. The van der Waals surface area contributed by atoms with Crippen LogP contribution < -0.4 is 11.4 Å². The Morgan fingerprint density at radius 3 is 2.56 bits per heavy atom. The first-order chi connectivity index (χ1) is 7.79. The van der Waals surface area contributed by atoms with E-state index in [9.17, 15) is 4.79 Å². The van der Waals surface area contributed by atoms with Gasteiger partial charge in [-0.05, 0) is 11.1 Å². The lowest BCUT2D eigenvalue weighted by Gasteiger charge is -2.13. The first-order valence-electron chi connectivity index (χ1n) is 5.24. The Morgan fingerprint density at radius 2 is 2.00 bits per heavy atom. The van der Waals surface area contributed by atoms with Gasteiger partial charge in [0.25, 0.3) is 0 Å². The van der Waals surface area contributed by atoms with Crippen molar-refractivity contribution in [3.63, 3.8) is 0 Å². The number of benzene rings is 1. The Balaban J connectivity index is 1.81. The molecule has 1 aromatic rings. The van der Waals surface area contributed by atoms with Gasteiger partial charge in [0.15, 0.2) is 0 Å². The molecule has 5 nitrogen and oxygen atoms in total. The normalized spacial score (nSPS) is 14.8. The Kier molecular flexibility index (Phi) is 3.51. The summed E-state index contributed by atoms with van der Waals surface area (Å²) in [7, 11) is 0. The van der Waals surface area contributed by atoms with Crippen molar-refractivity contribution < 1.29 is 9.63 Å². The fourth-order valence-electron chi connectivity index (χ4n) is 1.93. The lowest BCUT2D eigenvalue weighted by atomic mass is 10.1. The first kappa shape index (κ1) is 11.1. The molecule has 2 rings (SSSR count). The number of nitrogens with one attached hydrogen (secondary N) is 1. The molecule has 16 heavy (non-hydrogen) atoms. The summed E-state index contributed by atoms with van der Waals surface area (Å²) in [6.07, 6.45) is 0.345. The van der Waals surface area contributed by atoms with Crippen molar-refractivity contribution in [3.8, 4) is 0 Å². The van der Waals surface area contributed by atoms with Crippen molar-refractivity contribution >= 4 is 5.97 Å². The lowest BCUT2D eigenvalue weighted by Crippen LogP contribution is -2.28. The van der Waals surface area contributed by atoms with Gasteiger partial charge in [-0.3, -0.25) is 9.69 Å². The molecule has 0 saturated carbocycles. The van der Waals surface area contributed by atoms with E-state index in [1.807, 2.05) is 17.7 Å². The van der Waals surface area contributed by atoms with Crippen LogP contribution in [0.15, 0.2) is 24.3 Å². The van der Waals surface area contributed by atoms with Crippen LogP contribution in [-0.4, -0.2) is 17.4 Å². The monoisotopic (exact) mass is 221 g/mol. The maximum atomic E-state index is 11.1. The fraction of sp³-hybridized carbons (Fsp3) is 0.364. The minimum Gasteiger partial charge on any atom is -0.356 e. The zero-order valence-corrected chi connectivity index (χ0v) is 8.98. The average Bonchev–Trinajstić information content (AvgIpc) is 2.69. The highest BCUT2D eigenvalue weighted by molar-refractivity contribution is 5.69. The molecular weight excluding hydrogens is 206 g/mol. The van der Waals surface area contributed by atoms with Gasteiger partial charge in [-0.2, -0.15) is 0 Å². The molecule has 0 spiro atoms. The van der Waals surface area contributed by atoms with Crippen LogP contribution in [0.4, 0.5) is 0 Å². The molecule has 0 unspecified atom stereocenters. The van der Waals surface area contributed by atoms with E-state index in [0.29, 0.717) is 13.0 Å². The van der Waals surface area contributed by atoms with Crippen molar-refractivity contribution in [1.82, 2.24) is 10.5 Å². The van der Waals surface area contributed by atoms with E-state index in [1.165, 1.54) is 11.1 Å². The van der Waals surface area contributed by atoms with E-state index in [2.05, 4.69) is 21.9 Å². The highest BCUT2D eigenvalue weighted by Gasteiger charge is 2.18. The number of fused-ring (bicyclic) bond motifs is 1. The van der Waals surface area contributed by atoms with Crippen molar-refractivity contribution in [3.05, 3.63) is 35.4 Å². The van der Waals surface area contributed by atoms with E-state index in [-0.39, 0.29) is 5.97 Å². The van der Waals surface area contributed by atoms with E-state index < -0.39 is 0 Å². The van der Waals surface area contributed by atoms with Gasteiger partial charge >= 0.3 is 5.97 Å². The van der Waals surface area contributed by atoms with Crippen LogP contribution in [0.2, 0.25) is 0 Å². The second-order valence-electron chi connectivity index (χ2n) is 3.82. The molecule has 1 aromatic carbocycles. The number of hydrogen-bond acceptors (Lipinski definition) is 5. The van der Waals surface area contributed by atoms with E-state index in [0.717, 1.165) is 13.1 Å². The summed E-state index contributed by atoms with van der Waals surface area (Å²) in [5.41, 5.74) is 4.57. The van der Waals surface area contributed by atoms with Crippen LogP contribution >= 0.6 is 0 Å². The molecule has 1 aliphatic rings. The van der Waals surface area contributed by atoms with E-state index in [1.54, 1.807) is 0 Å². The molecule has 0 amide bonds. The smallest absolute Gasteiger partial charge is 0.327 e. The van der Waals surface area contributed by atoms with Gasteiger partial charge in [0.05, 0.1) is 6.42 Å². The van der Waals surface area contributed by atoms with Crippen LogP contribution in [0, 0.1) is 0 Å². The van der Waals surface area contributed by atoms with E-state index in [4.69, 9.17) is 5.84 Å². The van der Waals surface area contributed by atoms with Gasteiger partial charge in [0.2, 0.25) is 0 Å². The Hall–Kier alpha value is -1.43. The Labute approximate surface area is 94.1 Å². The minimum absolute atomic E-state index is 0.335. The Bertz CT molecular complexity index is 356. The van der Waals surface area contributed by atoms with Crippen molar-refractivity contribution in [1.29, 1.82) is 0 Å². The molecule has 0 aliphatic carbocycles. The summed E-state index contributed by atoms with van der Waals surface area (Å²) in [5, 5.41) is 0. The number of hydrogen-bond donors (Lipinski definition) is 2. The van der Waals surface area contributed by atoms with Crippen molar-refractivity contribution in [2.24, 2.45) is 5.84 Å². The highest BCUT2D eigenvalue weighted by Crippen LogP contribution is 2.21. The fourth-order valence-corrected chi connectivity index (χ4v) is 1.93. The SMILES string of the molecule is NNOC(=O)CCN1Cc2ccccc2C1. The van der Waals surface area contributed by atoms with Gasteiger partial charge in [-0.25, -0.2) is 5.84 Å². The molecule has 1 heterocycles. The van der Waals surface area contributed by atoms with Crippen LogP contribution in [0.3, 0.4) is 0 Å². The van der Waals surface area contributed by atoms with E-state index >= 15 is 0 Å². The number of carbonyl (C=O) groups excluding carboxylic acids is 1. The molecule has 0 bridgehead atoms. The molecule has 0 fully saturated rings. The summed E-state index contributed by atoms with van der Waals surface area (Å²) in [4.78, 5) is 17.7. The molecule has 0 radical (unpaired) electrons. The third-order valence-electron chi connectivity index (χ3n) is 2.71. The highest BCUT2D eigenvalue weighted by atomic mass is 16.7. The van der Waals surface area contributed by atoms with Gasteiger partial charge < -0.3 is 4.84 Å². The summed E-state index contributed by atoms with van der Waals surface area (Å²) in [5.74, 6) is 4.54. The maximum absolute atomic E-state index is 11.1. The first-order valence-corrected chi connectivity index (χ1v) is 5.24. The topological polar surface area (TPSA) is 67.6 Å². The second kappa shape index (κ2) is 5.07. The van der Waals surface area contributed by atoms with Gasteiger partial charge in [-0.1, -0.05) is 29.9 Å². The summed E-state index contributed by atoms with van der Waals surface area (Å²) in [6, 6.07) is 8.31. The van der Waals surface area contributed by atoms with Crippen molar-refractivity contribution in [2.75, 3.05) is 6.54 Å². The second-order valence-corrected chi connectivity index (χ2v) is 3.82. The standard InChI is InChI=1S/C11H15N3O2/c12-13-16-11(15)5-6-14-7-9-3-1-2-4-10(9)8-14/h1-4,13H,5-8,12H2. The molecule has 0 atom stereocenters. The molecule has 0 saturated heterocycles. The molecule has 3 N–H and O–H groups in total. The van der Waals surface area contributed by atoms with Crippen LogP contribution in [-0.2, 0) is 22.7 Å². The van der Waals surface area contributed by atoms with Crippen LogP contribution in [0.1, 0.15) is 17.5 Å². The average molecular weight is 221 g/mol. The zero-order chi connectivity index (χ0) is 11.4. The van der Waals surface area contributed by atoms with Crippen molar-refractivity contribution in [2.45, 2.75) is 19.5 Å². The summed E-state index contributed by atoms with van der Waals surface area (Å²) in [6.45, 7) is 2.49. The zero-order valence-electron chi connectivity index (χ0n) is 8.98. The molecule has 0 aromatic heterocycles. The number of hydrazine groups is 1. The molecule has 1 aliphatic heterocycles. The largest absolute Gasteiger partial charge is 0.356 e. The van der Waals surface area contributed by atoms with Crippen LogP contribution in [0.25, 0.3) is 0 Å². The van der Waals surface area contributed by atoms with Crippen LogP contribution in [0.5, 0.6) is 0 Å². The predicted molar refractivity (Wildman–Crippen MR) is 58.6 cm³/mol. The Morgan fingerprint density at radius 1 is 1.38 bits per heavy atom. The lowest BCUT2D eigenvalue weighted by molar-refractivity contribution is -0.151. The molecule has 86 valence electrons. The number of nitrogens with two attached hydrogens (primary N) is 1. The maximum Gasteiger partial charge on any atom is 0.327 e. The predicted octanol–water partition coefficient (Wildman–Crippen LogP) is 0.314. The quantitative estimate of drug-likeness (QED) is 0.566. The number of carbonyl (C=O) groups is 1. The van der Waals surface area contributed by atoms with Gasteiger partial charge in [0, 0.05) is 19.6 Å². The number of nitrogens with zero attached hydrogens (tertiary/aromatic N) is 1. The van der Waals surface area contributed by atoms with Gasteiger partial charge in [0.1, 0.15) is 0 Å². The number of rotatable bonds is 4. The summed E-state index contributed by atoms with van der Waals surface area (Å²) < 4.78 is 0. The third kappa shape index (κ3) is 2.57. The minimum atomic E-state index is -0.335. The molecule has 5 heteroatoms. The molecular formula is C11H15N3O2. The van der Waals surface area contributed by atoms with Gasteiger partial charge in [-0.15, -0.1) is 0 Å². The summed E-state index contributed by atoms with van der Waals surface area (Å²) >= 11 is 0.